The van der Waals surface area contributed by atoms with E-state index in [0.29, 0.717) is 6.61 Å². The van der Waals surface area contributed by atoms with Crippen LogP contribution in [0.25, 0.3) is 0 Å². The largest absolute Gasteiger partial charge is 0.376 e. The van der Waals surface area contributed by atoms with E-state index in [0.717, 1.165) is 18.9 Å². The summed E-state index contributed by atoms with van der Waals surface area (Å²) in [6.45, 7) is 2.14. The lowest BCUT2D eigenvalue weighted by atomic mass is 9.68. The molecule has 1 saturated carbocycles. The topological polar surface area (TPSA) is 64.4 Å². The molecule has 1 heterocycles. The van der Waals surface area contributed by atoms with Crippen molar-refractivity contribution in [2.24, 2.45) is 11.7 Å². The molecule has 2 aliphatic rings. The smallest absolute Gasteiger partial charge is 0.254 e. The van der Waals surface area contributed by atoms with Crippen LogP contribution in [0, 0.1) is 24.5 Å². The summed E-state index contributed by atoms with van der Waals surface area (Å²) in [7, 11) is 0. The Morgan fingerprint density at radius 2 is 2.14 bits per heavy atom. The SMILES string of the molecule is Cc1cc(C(=O)NC2C(N)C3CCCOC32)c(F)cc1F. The molecular formula is C15H18F2N2O2. The number of hydrogen-bond acceptors (Lipinski definition) is 3. The van der Waals surface area contributed by atoms with Crippen molar-refractivity contribution in [3.05, 3.63) is 34.9 Å². The second-order valence-corrected chi connectivity index (χ2v) is 5.80. The number of ether oxygens (including phenoxy) is 1. The van der Waals surface area contributed by atoms with Crippen molar-refractivity contribution in [3.63, 3.8) is 0 Å². The normalized spacial score (nSPS) is 31.2. The monoisotopic (exact) mass is 296 g/mol. The Morgan fingerprint density at radius 1 is 1.38 bits per heavy atom. The number of halogens is 2. The molecule has 4 unspecified atom stereocenters. The maximum Gasteiger partial charge on any atom is 0.254 e. The van der Waals surface area contributed by atoms with E-state index in [9.17, 15) is 13.6 Å². The molecule has 1 amide bonds. The van der Waals surface area contributed by atoms with Gasteiger partial charge in [0.25, 0.3) is 5.91 Å². The lowest BCUT2D eigenvalue weighted by Crippen LogP contribution is -2.72. The Kier molecular flexibility index (Phi) is 3.67. The number of benzene rings is 1. The fourth-order valence-electron chi connectivity index (χ4n) is 3.19. The van der Waals surface area contributed by atoms with Gasteiger partial charge in [-0.15, -0.1) is 0 Å². The summed E-state index contributed by atoms with van der Waals surface area (Å²) >= 11 is 0. The molecule has 0 bridgehead atoms. The van der Waals surface area contributed by atoms with Gasteiger partial charge in [0, 0.05) is 24.6 Å². The van der Waals surface area contributed by atoms with Crippen molar-refractivity contribution < 1.29 is 18.3 Å². The van der Waals surface area contributed by atoms with Crippen LogP contribution in [0.3, 0.4) is 0 Å². The van der Waals surface area contributed by atoms with Gasteiger partial charge in [0.05, 0.1) is 17.7 Å². The fourth-order valence-corrected chi connectivity index (χ4v) is 3.19. The number of nitrogens with two attached hydrogens (primary N) is 1. The van der Waals surface area contributed by atoms with Crippen LogP contribution in [-0.2, 0) is 4.74 Å². The molecule has 1 aromatic rings. The number of aryl methyl sites for hydroxylation is 1. The van der Waals surface area contributed by atoms with Crippen LogP contribution < -0.4 is 11.1 Å². The third-order valence-electron chi connectivity index (χ3n) is 4.47. The molecule has 3 rings (SSSR count). The molecule has 0 radical (unpaired) electrons. The van der Waals surface area contributed by atoms with E-state index in [-0.39, 0.29) is 35.2 Å². The average molecular weight is 296 g/mol. The highest BCUT2D eigenvalue weighted by molar-refractivity contribution is 5.95. The first-order valence-corrected chi connectivity index (χ1v) is 7.12. The van der Waals surface area contributed by atoms with Crippen LogP contribution >= 0.6 is 0 Å². The van der Waals surface area contributed by atoms with Crippen molar-refractivity contribution in [1.29, 1.82) is 0 Å². The first-order chi connectivity index (χ1) is 9.99. The number of rotatable bonds is 2. The van der Waals surface area contributed by atoms with Crippen molar-refractivity contribution in [3.8, 4) is 0 Å². The highest BCUT2D eigenvalue weighted by Gasteiger charge is 2.51. The van der Waals surface area contributed by atoms with E-state index in [1.54, 1.807) is 0 Å². The predicted octanol–water partition coefficient (Wildman–Crippen LogP) is 1.51. The minimum Gasteiger partial charge on any atom is -0.376 e. The predicted molar refractivity (Wildman–Crippen MR) is 72.8 cm³/mol. The van der Waals surface area contributed by atoms with Gasteiger partial charge in [0.1, 0.15) is 11.6 Å². The molecule has 4 nitrogen and oxygen atoms in total. The molecule has 1 aliphatic carbocycles. The standard InChI is InChI=1S/C15H18F2N2O2/c1-7-5-9(11(17)6-10(7)16)15(20)19-13-12(18)8-3-2-4-21-14(8)13/h5-6,8,12-14H,2-4,18H2,1H3,(H,19,20). The second kappa shape index (κ2) is 5.35. The number of carbonyl (C=O) groups excluding carboxylic acids is 1. The molecule has 4 atom stereocenters. The second-order valence-electron chi connectivity index (χ2n) is 5.80. The molecular weight excluding hydrogens is 278 g/mol. The summed E-state index contributed by atoms with van der Waals surface area (Å²) in [5.41, 5.74) is 6.11. The molecule has 2 fully saturated rings. The quantitative estimate of drug-likeness (QED) is 0.869. The summed E-state index contributed by atoms with van der Waals surface area (Å²) in [5.74, 6) is -1.86. The van der Waals surface area contributed by atoms with Crippen molar-refractivity contribution in [2.75, 3.05) is 6.61 Å². The Hall–Kier alpha value is -1.53. The molecule has 0 spiro atoms. The van der Waals surface area contributed by atoms with Crippen molar-refractivity contribution in [1.82, 2.24) is 5.32 Å². The molecule has 6 heteroatoms. The summed E-state index contributed by atoms with van der Waals surface area (Å²) in [4.78, 5) is 12.2. The Bertz CT molecular complexity index is 579. The lowest BCUT2D eigenvalue weighted by molar-refractivity contribution is -0.117. The number of amides is 1. The first kappa shape index (κ1) is 14.4. The van der Waals surface area contributed by atoms with Crippen molar-refractivity contribution >= 4 is 5.91 Å². The van der Waals surface area contributed by atoms with Gasteiger partial charge < -0.3 is 15.8 Å². The van der Waals surface area contributed by atoms with Gasteiger partial charge in [-0.25, -0.2) is 8.78 Å². The number of fused-ring (bicyclic) bond motifs is 1. The van der Waals surface area contributed by atoms with Gasteiger partial charge in [0.2, 0.25) is 0 Å². The molecule has 1 saturated heterocycles. The number of nitrogens with one attached hydrogen (secondary N) is 1. The van der Waals surface area contributed by atoms with Crippen LogP contribution in [0.2, 0.25) is 0 Å². The van der Waals surface area contributed by atoms with Gasteiger partial charge in [-0.3, -0.25) is 4.79 Å². The highest BCUT2D eigenvalue weighted by atomic mass is 19.1. The average Bonchev–Trinajstić information content (AvgIpc) is 2.47. The maximum atomic E-state index is 13.7. The highest BCUT2D eigenvalue weighted by Crippen LogP contribution is 2.37. The van der Waals surface area contributed by atoms with Gasteiger partial charge in [0.15, 0.2) is 0 Å². The Labute approximate surface area is 121 Å². The van der Waals surface area contributed by atoms with E-state index in [1.807, 2.05) is 0 Å². The maximum absolute atomic E-state index is 13.7. The lowest BCUT2D eigenvalue weighted by Gasteiger charge is -2.52. The Balaban J connectivity index is 1.74. The summed E-state index contributed by atoms with van der Waals surface area (Å²) in [5, 5.41) is 2.72. The zero-order valence-electron chi connectivity index (χ0n) is 11.7. The molecule has 1 aromatic carbocycles. The van der Waals surface area contributed by atoms with E-state index in [4.69, 9.17) is 10.5 Å². The third-order valence-corrected chi connectivity index (χ3v) is 4.47. The molecule has 3 N–H and O–H groups in total. The van der Waals surface area contributed by atoms with E-state index < -0.39 is 17.5 Å². The number of carbonyl (C=O) groups is 1. The van der Waals surface area contributed by atoms with Crippen LogP contribution in [0.15, 0.2) is 12.1 Å². The van der Waals surface area contributed by atoms with Crippen LogP contribution in [-0.4, -0.2) is 30.7 Å². The van der Waals surface area contributed by atoms with E-state index in [2.05, 4.69) is 5.32 Å². The van der Waals surface area contributed by atoms with Gasteiger partial charge in [-0.05, 0) is 31.4 Å². The number of hydrogen-bond donors (Lipinski definition) is 2. The molecule has 21 heavy (non-hydrogen) atoms. The van der Waals surface area contributed by atoms with Gasteiger partial charge in [-0.1, -0.05) is 0 Å². The minimum absolute atomic E-state index is 0.0951. The zero-order valence-corrected chi connectivity index (χ0v) is 11.7. The van der Waals surface area contributed by atoms with E-state index in [1.165, 1.54) is 13.0 Å². The summed E-state index contributed by atoms with van der Waals surface area (Å²) < 4.78 is 32.6. The van der Waals surface area contributed by atoms with Crippen LogP contribution in [0.5, 0.6) is 0 Å². The first-order valence-electron chi connectivity index (χ1n) is 7.12. The minimum atomic E-state index is -0.871. The third kappa shape index (κ3) is 2.42. The van der Waals surface area contributed by atoms with E-state index >= 15 is 0 Å². The summed E-state index contributed by atoms with van der Waals surface area (Å²) in [6.07, 6.45) is 1.87. The van der Waals surface area contributed by atoms with Crippen molar-refractivity contribution in [2.45, 2.75) is 38.0 Å². The molecule has 0 aromatic heterocycles. The van der Waals surface area contributed by atoms with Crippen LogP contribution in [0.4, 0.5) is 8.78 Å². The van der Waals surface area contributed by atoms with Gasteiger partial charge >= 0.3 is 0 Å². The molecule has 114 valence electrons. The van der Waals surface area contributed by atoms with Crippen LogP contribution in [0.1, 0.15) is 28.8 Å². The Morgan fingerprint density at radius 3 is 2.90 bits per heavy atom. The fraction of sp³-hybridized carbons (Fsp3) is 0.533. The zero-order chi connectivity index (χ0) is 15.1. The summed E-state index contributed by atoms with van der Waals surface area (Å²) in [6, 6.07) is 1.45. The van der Waals surface area contributed by atoms with Gasteiger partial charge in [-0.2, -0.15) is 0 Å². The molecule has 1 aliphatic heterocycles.